The molecule has 0 bridgehead atoms. The van der Waals surface area contributed by atoms with Crippen LogP contribution in [0, 0.1) is 0 Å². The Morgan fingerprint density at radius 3 is 2.00 bits per heavy atom. The van der Waals surface area contributed by atoms with Gasteiger partial charge in [0.05, 0.1) is 0 Å². The van der Waals surface area contributed by atoms with Crippen molar-refractivity contribution in [2.24, 2.45) is 0 Å². The van der Waals surface area contributed by atoms with Crippen molar-refractivity contribution in [3.8, 4) is 11.4 Å². The Morgan fingerprint density at radius 2 is 1.37 bits per heavy atom. The summed E-state index contributed by atoms with van der Waals surface area (Å²) in [6.07, 6.45) is 6.32. The quantitative estimate of drug-likeness (QED) is 0.456. The Labute approximate surface area is 176 Å². The second-order valence-corrected chi connectivity index (χ2v) is 8.65. The van der Waals surface area contributed by atoms with Gasteiger partial charge in [0.15, 0.2) is 5.82 Å². The largest absolute Gasteiger partial charge is 0.263 e. The van der Waals surface area contributed by atoms with E-state index in [9.17, 15) is 8.42 Å². The third-order valence-corrected chi connectivity index (χ3v) is 6.39. The molecule has 4 rings (SSSR count). The van der Waals surface area contributed by atoms with E-state index < -0.39 is 10.0 Å². The minimum atomic E-state index is -3.71. The maximum atomic E-state index is 13.3. The number of hydrogen-bond donors (Lipinski definition) is 0. The highest BCUT2D eigenvalue weighted by Gasteiger charge is 2.25. The van der Waals surface area contributed by atoms with Crippen molar-refractivity contribution in [2.45, 2.75) is 18.0 Å². The average molecular weight is 417 g/mol. The Morgan fingerprint density at radius 1 is 0.700 bits per heavy atom. The fraction of sp³-hybridized carbons (Fsp3) is 0.0870. The normalized spacial score (nSPS) is 11.5. The molecule has 30 heavy (non-hydrogen) atoms. The SMILES string of the molecule is O=S(=O)(c1cccnc1)N(Cc1ccccc1)Cc1ccc(-c2ncccn2)cc1. The summed E-state index contributed by atoms with van der Waals surface area (Å²) in [7, 11) is -3.71. The van der Waals surface area contributed by atoms with Crippen molar-refractivity contribution in [2.75, 3.05) is 0 Å². The van der Waals surface area contributed by atoms with E-state index in [1.54, 1.807) is 36.8 Å². The lowest BCUT2D eigenvalue weighted by molar-refractivity contribution is 0.401. The predicted octanol–water partition coefficient (Wildman–Crippen LogP) is 3.93. The molecule has 2 aromatic carbocycles. The maximum Gasteiger partial charge on any atom is 0.245 e. The highest BCUT2D eigenvalue weighted by atomic mass is 32.2. The summed E-state index contributed by atoms with van der Waals surface area (Å²) in [6.45, 7) is 0.504. The molecular formula is C23H20N4O2S. The van der Waals surface area contributed by atoms with Crippen LogP contribution in [-0.4, -0.2) is 27.7 Å². The van der Waals surface area contributed by atoms with E-state index in [4.69, 9.17) is 0 Å². The lowest BCUT2D eigenvalue weighted by Gasteiger charge is -2.22. The first-order chi connectivity index (χ1) is 14.6. The zero-order valence-corrected chi connectivity index (χ0v) is 17.0. The number of sulfonamides is 1. The fourth-order valence-corrected chi connectivity index (χ4v) is 4.45. The lowest BCUT2D eigenvalue weighted by atomic mass is 10.1. The van der Waals surface area contributed by atoms with Crippen LogP contribution in [-0.2, 0) is 23.1 Å². The highest BCUT2D eigenvalue weighted by Crippen LogP contribution is 2.22. The van der Waals surface area contributed by atoms with Gasteiger partial charge >= 0.3 is 0 Å². The average Bonchev–Trinajstić information content (AvgIpc) is 2.81. The fourth-order valence-electron chi connectivity index (χ4n) is 3.07. The van der Waals surface area contributed by atoms with Gasteiger partial charge in [0, 0.05) is 43.4 Å². The minimum absolute atomic E-state index is 0.176. The first-order valence-corrected chi connectivity index (χ1v) is 10.9. The third kappa shape index (κ3) is 4.59. The first kappa shape index (κ1) is 19.9. The highest BCUT2D eigenvalue weighted by molar-refractivity contribution is 7.89. The van der Waals surface area contributed by atoms with Crippen LogP contribution in [0.2, 0.25) is 0 Å². The van der Waals surface area contributed by atoms with Crippen molar-refractivity contribution in [3.05, 3.63) is 109 Å². The summed E-state index contributed by atoms with van der Waals surface area (Å²) in [4.78, 5) is 12.6. The summed E-state index contributed by atoms with van der Waals surface area (Å²) < 4.78 is 28.1. The molecule has 0 saturated heterocycles. The Balaban J connectivity index is 1.63. The zero-order valence-electron chi connectivity index (χ0n) is 16.2. The topological polar surface area (TPSA) is 76.1 Å². The van der Waals surface area contributed by atoms with E-state index >= 15 is 0 Å². The van der Waals surface area contributed by atoms with E-state index in [0.29, 0.717) is 5.82 Å². The molecule has 0 aliphatic heterocycles. The van der Waals surface area contributed by atoms with Crippen molar-refractivity contribution >= 4 is 10.0 Å². The third-order valence-electron chi connectivity index (χ3n) is 4.61. The van der Waals surface area contributed by atoms with Crippen LogP contribution in [0.5, 0.6) is 0 Å². The number of benzene rings is 2. The molecule has 150 valence electrons. The van der Waals surface area contributed by atoms with Crippen LogP contribution < -0.4 is 0 Å². The molecule has 7 heteroatoms. The van der Waals surface area contributed by atoms with Gasteiger partial charge in [-0.2, -0.15) is 4.31 Å². The van der Waals surface area contributed by atoms with Gasteiger partial charge in [0.2, 0.25) is 10.0 Å². The summed E-state index contributed by atoms with van der Waals surface area (Å²) in [5.41, 5.74) is 2.67. The maximum absolute atomic E-state index is 13.3. The van der Waals surface area contributed by atoms with Gasteiger partial charge in [-0.1, -0.05) is 54.6 Å². The monoisotopic (exact) mass is 416 g/mol. The van der Waals surface area contributed by atoms with Gasteiger partial charge in [-0.25, -0.2) is 18.4 Å². The molecule has 0 fully saturated rings. The van der Waals surface area contributed by atoms with Gasteiger partial charge in [-0.3, -0.25) is 4.98 Å². The molecule has 2 heterocycles. The molecule has 0 N–H and O–H groups in total. The Bertz CT molecular complexity index is 1180. The van der Waals surface area contributed by atoms with Gasteiger partial charge in [0.25, 0.3) is 0 Å². The molecular weight excluding hydrogens is 396 g/mol. The molecule has 0 atom stereocenters. The summed E-state index contributed by atoms with van der Waals surface area (Å²) in [6, 6.07) is 22.1. The van der Waals surface area contributed by atoms with Gasteiger partial charge in [-0.15, -0.1) is 0 Å². The molecule has 0 aliphatic carbocycles. The van der Waals surface area contributed by atoms with Crippen LogP contribution >= 0.6 is 0 Å². The molecule has 0 aliphatic rings. The van der Waals surface area contributed by atoms with Crippen LogP contribution in [0.15, 0.2) is 102 Å². The van der Waals surface area contributed by atoms with E-state index in [-0.39, 0.29) is 18.0 Å². The van der Waals surface area contributed by atoms with Crippen molar-refractivity contribution in [1.82, 2.24) is 19.3 Å². The van der Waals surface area contributed by atoms with E-state index in [2.05, 4.69) is 15.0 Å². The second kappa shape index (κ2) is 8.94. The molecule has 6 nitrogen and oxygen atoms in total. The number of rotatable bonds is 7. The zero-order chi connectivity index (χ0) is 20.8. The number of hydrogen-bond acceptors (Lipinski definition) is 5. The molecule has 0 amide bonds. The number of nitrogens with zero attached hydrogens (tertiary/aromatic N) is 4. The van der Waals surface area contributed by atoms with E-state index in [1.807, 2.05) is 54.6 Å². The number of aromatic nitrogens is 3. The minimum Gasteiger partial charge on any atom is -0.263 e. The molecule has 4 aromatic rings. The van der Waals surface area contributed by atoms with Gasteiger partial charge in [0.1, 0.15) is 4.90 Å². The molecule has 0 radical (unpaired) electrons. The Hall–Kier alpha value is -3.42. The van der Waals surface area contributed by atoms with E-state index in [0.717, 1.165) is 16.7 Å². The first-order valence-electron chi connectivity index (χ1n) is 9.43. The van der Waals surface area contributed by atoms with E-state index in [1.165, 1.54) is 10.5 Å². The molecule has 0 saturated carbocycles. The van der Waals surface area contributed by atoms with Crippen LogP contribution in [0.25, 0.3) is 11.4 Å². The molecule has 0 unspecified atom stereocenters. The standard InChI is InChI=1S/C23H20N4O2S/c28-30(29,22-8-4-13-24-16-22)27(17-19-6-2-1-3-7-19)18-20-9-11-21(12-10-20)23-25-14-5-15-26-23/h1-16H,17-18H2. The van der Waals surface area contributed by atoms with Crippen molar-refractivity contribution in [3.63, 3.8) is 0 Å². The van der Waals surface area contributed by atoms with Crippen molar-refractivity contribution in [1.29, 1.82) is 0 Å². The van der Waals surface area contributed by atoms with Crippen LogP contribution in [0.1, 0.15) is 11.1 Å². The van der Waals surface area contributed by atoms with Crippen molar-refractivity contribution < 1.29 is 8.42 Å². The summed E-state index contributed by atoms with van der Waals surface area (Å²) in [5.74, 6) is 0.633. The number of pyridine rings is 1. The lowest BCUT2D eigenvalue weighted by Crippen LogP contribution is -2.30. The smallest absolute Gasteiger partial charge is 0.245 e. The molecule has 0 spiro atoms. The van der Waals surface area contributed by atoms with Gasteiger partial charge < -0.3 is 0 Å². The predicted molar refractivity (Wildman–Crippen MR) is 115 cm³/mol. The van der Waals surface area contributed by atoms with Gasteiger partial charge in [-0.05, 0) is 29.3 Å². The summed E-state index contributed by atoms with van der Waals surface area (Å²) in [5, 5.41) is 0. The second-order valence-electron chi connectivity index (χ2n) is 6.72. The van der Waals surface area contributed by atoms with Crippen LogP contribution in [0.3, 0.4) is 0 Å². The summed E-state index contributed by atoms with van der Waals surface area (Å²) >= 11 is 0. The molecule has 2 aromatic heterocycles. The Kier molecular flexibility index (Phi) is 5.92. The van der Waals surface area contributed by atoms with Crippen LogP contribution in [0.4, 0.5) is 0 Å².